The van der Waals surface area contributed by atoms with Gasteiger partial charge in [0.25, 0.3) is 11.8 Å². The molecule has 2 aliphatic heterocycles. The van der Waals surface area contributed by atoms with E-state index in [0.717, 1.165) is 17.3 Å². The third kappa shape index (κ3) is 3.75. The number of nitrogens with zero attached hydrogens (tertiary/aromatic N) is 2. The Morgan fingerprint density at radius 3 is 2.48 bits per heavy atom. The molecule has 0 unspecified atom stereocenters. The fourth-order valence-corrected chi connectivity index (χ4v) is 5.19. The van der Waals surface area contributed by atoms with Crippen LogP contribution < -0.4 is 4.90 Å². The zero-order chi connectivity index (χ0) is 22.3. The van der Waals surface area contributed by atoms with Gasteiger partial charge in [0.2, 0.25) is 0 Å². The Balaban J connectivity index is 1.75. The van der Waals surface area contributed by atoms with Crippen LogP contribution in [0.25, 0.3) is 5.57 Å². The van der Waals surface area contributed by atoms with Crippen LogP contribution in [0.4, 0.5) is 5.69 Å². The second-order valence-electron chi connectivity index (χ2n) is 6.98. The third-order valence-electron chi connectivity index (χ3n) is 5.13. The molecule has 0 bridgehead atoms. The smallest absolute Gasteiger partial charge is 0.328 e. The summed E-state index contributed by atoms with van der Waals surface area (Å²) >= 11 is 12.3. The highest BCUT2D eigenvalue weighted by Gasteiger charge is 2.44. The molecule has 1 fully saturated rings. The number of halogens is 1. The normalized spacial score (nSPS) is 19.1. The molecule has 0 saturated carbocycles. The number of fused-ring (bicyclic) bond motifs is 1. The first-order valence-electron chi connectivity index (χ1n) is 9.36. The third-order valence-corrected chi connectivity index (χ3v) is 6.79. The number of para-hydroxylation sites is 1. The van der Waals surface area contributed by atoms with E-state index in [4.69, 9.17) is 28.6 Å². The molecule has 0 aromatic heterocycles. The molecule has 0 aliphatic carbocycles. The van der Waals surface area contributed by atoms with Crippen molar-refractivity contribution in [3.8, 4) is 0 Å². The van der Waals surface area contributed by atoms with E-state index < -0.39 is 17.9 Å². The van der Waals surface area contributed by atoms with Gasteiger partial charge in [0, 0.05) is 10.6 Å². The Morgan fingerprint density at radius 2 is 1.81 bits per heavy atom. The summed E-state index contributed by atoms with van der Waals surface area (Å²) in [6.07, 6.45) is 0. The average molecular weight is 473 g/mol. The quantitative estimate of drug-likeness (QED) is 0.380. The van der Waals surface area contributed by atoms with Gasteiger partial charge >= 0.3 is 5.97 Å². The van der Waals surface area contributed by atoms with E-state index in [1.54, 1.807) is 30.0 Å². The highest BCUT2D eigenvalue weighted by atomic mass is 35.5. The van der Waals surface area contributed by atoms with Crippen molar-refractivity contribution in [1.29, 1.82) is 0 Å². The maximum atomic E-state index is 13.5. The minimum atomic E-state index is -0.882. The molecule has 2 aromatic carbocycles. The first-order chi connectivity index (χ1) is 14.8. The van der Waals surface area contributed by atoms with Crippen LogP contribution in [0, 0.1) is 0 Å². The number of ether oxygens (including phenoxy) is 1. The predicted molar refractivity (Wildman–Crippen MR) is 125 cm³/mol. The Labute approximate surface area is 193 Å². The number of carbonyl (C=O) groups is 3. The molecule has 158 valence electrons. The van der Waals surface area contributed by atoms with Crippen LogP contribution in [0.15, 0.2) is 53.4 Å². The van der Waals surface area contributed by atoms with Crippen LogP contribution in [-0.2, 0) is 25.7 Å². The van der Waals surface area contributed by atoms with Gasteiger partial charge in [-0.15, -0.1) is 0 Å². The first-order valence-corrected chi connectivity index (χ1v) is 11.0. The van der Waals surface area contributed by atoms with Crippen molar-refractivity contribution in [2.75, 3.05) is 12.0 Å². The summed E-state index contributed by atoms with van der Waals surface area (Å²) in [5.41, 5.74) is 2.57. The molecule has 1 atom stereocenters. The maximum absolute atomic E-state index is 13.5. The average Bonchev–Trinajstić information content (AvgIpc) is 3.21. The second-order valence-corrected chi connectivity index (χ2v) is 9.06. The number of methoxy groups -OCH3 is 1. The van der Waals surface area contributed by atoms with Gasteiger partial charge in [-0.05, 0) is 30.7 Å². The molecule has 31 heavy (non-hydrogen) atoms. The van der Waals surface area contributed by atoms with Crippen LogP contribution in [0.2, 0.25) is 5.02 Å². The maximum Gasteiger partial charge on any atom is 0.328 e. The number of benzene rings is 2. The Morgan fingerprint density at radius 1 is 1.13 bits per heavy atom. The Kier molecular flexibility index (Phi) is 5.88. The SMILES string of the molecule is COC(=O)[C@H](C)N1C(=O)/C(=C2/C(=O)N(Cc3ccc(Cl)cc3)c3ccccc32)SC1=S. The fourth-order valence-electron chi connectivity index (χ4n) is 3.57. The zero-order valence-corrected chi connectivity index (χ0v) is 19.0. The lowest BCUT2D eigenvalue weighted by Crippen LogP contribution is -2.42. The molecule has 0 N–H and O–H groups in total. The monoisotopic (exact) mass is 472 g/mol. The number of hydrogen-bond donors (Lipinski definition) is 0. The minimum Gasteiger partial charge on any atom is -0.467 e. The number of rotatable bonds is 4. The van der Waals surface area contributed by atoms with Crippen LogP contribution in [0.3, 0.4) is 0 Å². The molecular weight excluding hydrogens is 456 g/mol. The van der Waals surface area contributed by atoms with Gasteiger partial charge < -0.3 is 9.64 Å². The standard InChI is InChI=1S/C22H17ClN2O4S2/c1-12(21(28)29-2)25-20(27)18(31-22(25)30)17-15-5-3-4-6-16(15)24(19(17)26)11-13-7-9-14(23)10-8-13/h3-10,12H,11H2,1-2H3/b18-17-/t12-/m0/s1. The number of esters is 1. The predicted octanol–water partition coefficient (Wildman–Crippen LogP) is 4.02. The Hall–Kier alpha value is -2.68. The number of thioether (sulfide) groups is 1. The summed E-state index contributed by atoms with van der Waals surface area (Å²) < 4.78 is 4.96. The van der Waals surface area contributed by atoms with E-state index in [1.165, 1.54) is 12.0 Å². The highest BCUT2D eigenvalue weighted by molar-refractivity contribution is 8.26. The van der Waals surface area contributed by atoms with Gasteiger partial charge in [-0.2, -0.15) is 0 Å². The van der Waals surface area contributed by atoms with Gasteiger partial charge in [-0.1, -0.05) is 65.9 Å². The summed E-state index contributed by atoms with van der Waals surface area (Å²) in [7, 11) is 1.25. The lowest BCUT2D eigenvalue weighted by Gasteiger charge is -2.20. The van der Waals surface area contributed by atoms with Crippen LogP contribution in [0.5, 0.6) is 0 Å². The van der Waals surface area contributed by atoms with Crippen LogP contribution >= 0.6 is 35.6 Å². The molecule has 2 aromatic rings. The second kappa shape index (κ2) is 8.45. The van der Waals surface area contributed by atoms with Gasteiger partial charge in [0.05, 0.1) is 29.8 Å². The van der Waals surface area contributed by atoms with Crippen molar-refractivity contribution in [1.82, 2.24) is 4.90 Å². The molecule has 2 amide bonds. The van der Waals surface area contributed by atoms with Crippen molar-refractivity contribution in [2.24, 2.45) is 0 Å². The summed E-state index contributed by atoms with van der Waals surface area (Å²) in [4.78, 5) is 41.7. The summed E-state index contributed by atoms with van der Waals surface area (Å²) in [5.74, 6) is -1.34. The van der Waals surface area contributed by atoms with Crippen LogP contribution in [0.1, 0.15) is 18.1 Å². The van der Waals surface area contributed by atoms with Crippen LogP contribution in [-0.4, -0.2) is 40.2 Å². The molecule has 0 radical (unpaired) electrons. The topological polar surface area (TPSA) is 66.9 Å². The molecule has 9 heteroatoms. The number of carbonyl (C=O) groups excluding carboxylic acids is 3. The molecule has 0 spiro atoms. The zero-order valence-electron chi connectivity index (χ0n) is 16.6. The van der Waals surface area contributed by atoms with E-state index in [1.807, 2.05) is 30.3 Å². The molecule has 1 saturated heterocycles. The lowest BCUT2D eigenvalue weighted by atomic mass is 10.1. The molecular formula is C22H17ClN2O4S2. The van der Waals surface area contributed by atoms with E-state index in [-0.39, 0.29) is 15.1 Å². The largest absolute Gasteiger partial charge is 0.467 e. The summed E-state index contributed by atoms with van der Waals surface area (Å²) in [6, 6.07) is 13.7. The fraction of sp³-hybridized carbons (Fsp3) is 0.182. The molecule has 4 rings (SSSR count). The minimum absolute atomic E-state index is 0.215. The van der Waals surface area contributed by atoms with E-state index in [9.17, 15) is 14.4 Å². The van der Waals surface area contributed by atoms with E-state index in [2.05, 4.69) is 0 Å². The first kappa shape index (κ1) is 21.5. The van der Waals surface area contributed by atoms with Crippen molar-refractivity contribution in [2.45, 2.75) is 19.5 Å². The van der Waals surface area contributed by atoms with Gasteiger partial charge in [0.15, 0.2) is 0 Å². The van der Waals surface area contributed by atoms with Gasteiger partial charge in [-0.25, -0.2) is 4.79 Å². The van der Waals surface area contributed by atoms with Crippen molar-refractivity contribution in [3.05, 3.63) is 69.6 Å². The summed E-state index contributed by atoms with van der Waals surface area (Å²) in [6.45, 7) is 1.87. The highest BCUT2D eigenvalue weighted by Crippen LogP contribution is 2.45. The number of thiocarbonyl (C=S) groups is 1. The number of anilines is 1. The lowest BCUT2D eigenvalue weighted by molar-refractivity contribution is -0.147. The van der Waals surface area contributed by atoms with Crippen molar-refractivity contribution < 1.29 is 19.1 Å². The number of hydrogen-bond acceptors (Lipinski definition) is 6. The Bertz CT molecular complexity index is 1150. The van der Waals surface area contributed by atoms with Crippen molar-refractivity contribution >= 4 is 68.9 Å². The molecule has 2 aliphatic rings. The van der Waals surface area contributed by atoms with Crippen molar-refractivity contribution in [3.63, 3.8) is 0 Å². The number of amides is 2. The summed E-state index contributed by atoms with van der Waals surface area (Å²) in [5, 5.41) is 0.612. The van der Waals surface area contributed by atoms with E-state index in [0.29, 0.717) is 28.4 Å². The van der Waals surface area contributed by atoms with Gasteiger partial charge in [-0.3, -0.25) is 14.5 Å². The van der Waals surface area contributed by atoms with Gasteiger partial charge in [0.1, 0.15) is 10.4 Å². The molecule has 2 heterocycles. The van der Waals surface area contributed by atoms with E-state index >= 15 is 0 Å². The molecule has 6 nitrogen and oxygen atoms in total.